The number of likely N-dealkylation sites (N-methyl/N-ethyl adjacent to an activating group) is 1. The first-order chi connectivity index (χ1) is 14.9. The quantitative estimate of drug-likeness (QED) is 0.468. The van der Waals surface area contributed by atoms with Gasteiger partial charge in [-0.1, -0.05) is 33.3 Å². The second kappa shape index (κ2) is 9.28. The number of allylic oxidation sites excluding steroid dienone is 1. The zero-order valence-electron chi connectivity index (χ0n) is 20.9. The summed E-state index contributed by atoms with van der Waals surface area (Å²) in [5.74, 6) is 0.237. The fourth-order valence-electron chi connectivity index (χ4n) is 7.03. The maximum Gasteiger partial charge on any atom is 0.330 e. The van der Waals surface area contributed by atoms with Crippen molar-refractivity contribution >= 4 is 17.7 Å². The Morgan fingerprint density at radius 3 is 2.50 bits per heavy atom. The minimum atomic E-state index is -0.303. The van der Waals surface area contributed by atoms with Crippen LogP contribution in [0.25, 0.3) is 0 Å². The predicted molar refractivity (Wildman–Crippen MR) is 123 cm³/mol. The number of carbonyl (C=O) groups excluding carboxylic acids is 3. The summed E-state index contributed by atoms with van der Waals surface area (Å²) < 4.78 is 11.0. The summed E-state index contributed by atoms with van der Waals surface area (Å²) in [6.45, 7) is 11.3. The van der Waals surface area contributed by atoms with Crippen LogP contribution >= 0.6 is 0 Å². The third-order valence-electron chi connectivity index (χ3n) is 8.79. The van der Waals surface area contributed by atoms with E-state index >= 15 is 0 Å². The highest BCUT2D eigenvalue weighted by Crippen LogP contribution is 2.64. The van der Waals surface area contributed by atoms with Crippen molar-refractivity contribution in [2.24, 2.45) is 34.5 Å². The molecule has 3 fully saturated rings. The smallest absolute Gasteiger partial charge is 0.330 e. The highest BCUT2D eigenvalue weighted by molar-refractivity contribution is 5.86. The molecular weight excluding hydrogens is 406 g/mol. The molecule has 6 nitrogen and oxygen atoms in total. The molecule has 0 aromatic rings. The number of esters is 2. The Kier molecular flexibility index (Phi) is 7.23. The summed E-state index contributed by atoms with van der Waals surface area (Å²) in [7, 11) is 3.89. The molecule has 0 bridgehead atoms. The minimum Gasteiger partial charge on any atom is -0.462 e. The number of hydrogen-bond acceptors (Lipinski definition) is 6. The number of Topliss-reactive ketones (excluding diaryl/α,β-unsaturated/α-hetero) is 1. The van der Waals surface area contributed by atoms with Crippen molar-refractivity contribution in [1.29, 1.82) is 0 Å². The van der Waals surface area contributed by atoms with Crippen molar-refractivity contribution in [2.45, 2.75) is 72.8 Å². The van der Waals surface area contributed by atoms with E-state index in [1.54, 1.807) is 6.08 Å². The Morgan fingerprint density at radius 1 is 1.19 bits per heavy atom. The van der Waals surface area contributed by atoms with Gasteiger partial charge in [0.1, 0.15) is 18.5 Å². The normalized spacial score (nSPS) is 37.6. The molecule has 0 spiro atoms. The molecule has 0 aromatic carbocycles. The average Bonchev–Trinajstić information content (AvgIpc) is 2.67. The van der Waals surface area contributed by atoms with Gasteiger partial charge in [-0.25, -0.2) is 4.79 Å². The van der Waals surface area contributed by atoms with Gasteiger partial charge in [0, 0.05) is 37.3 Å². The van der Waals surface area contributed by atoms with Crippen LogP contribution < -0.4 is 0 Å². The van der Waals surface area contributed by atoms with Crippen LogP contribution in [-0.4, -0.2) is 56.0 Å². The molecule has 6 atom stereocenters. The second-order valence-corrected chi connectivity index (χ2v) is 11.3. The van der Waals surface area contributed by atoms with Crippen molar-refractivity contribution in [1.82, 2.24) is 4.90 Å². The van der Waals surface area contributed by atoms with Gasteiger partial charge in [0.2, 0.25) is 0 Å². The average molecular weight is 448 g/mol. The molecule has 3 rings (SSSR count). The molecule has 0 N–H and O–H groups in total. The van der Waals surface area contributed by atoms with E-state index in [9.17, 15) is 14.4 Å². The van der Waals surface area contributed by atoms with Crippen molar-refractivity contribution < 1.29 is 23.9 Å². The zero-order valence-corrected chi connectivity index (χ0v) is 20.9. The Labute approximate surface area is 193 Å². The van der Waals surface area contributed by atoms with E-state index in [4.69, 9.17) is 9.47 Å². The summed E-state index contributed by atoms with van der Waals surface area (Å²) in [5.41, 5.74) is 0.837. The number of ketones is 1. The first-order valence-electron chi connectivity index (χ1n) is 12.1. The van der Waals surface area contributed by atoms with E-state index in [2.05, 4.69) is 27.7 Å². The molecule has 6 unspecified atom stereocenters. The van der Waals surface area contributed by atoms with Crippen molar-refractivity contribution in [3.05, 3.63) is 11.6 Å². The third kappa shape index (κ3) is 4.66. The fourth-order valence-corrected chi connectivity index (χ4v) is 7.03. The first-order valence-corrected chi connectivity index (χ1v) is 12.1. The highest BCUT2D eigenvalue weighted by atomic mass is 16.5. The van der Waals surface area contributed by atoms with Gasteiger partial charge in [0.25, 0.3) is 0 Å². The van der Waals surface area contributed by atoms with Gasteiger partial charge in [-0.05, 0) is 62.9 Å². The van der Waals surface area contributed by atoms with Gasteiger partial charge in [0.05, 0.1) is 0 Å². The maximum atomic E-state index is 13.5. The lowest BCUT2D eigenvalue weighted by atomic mass is 9.42. The second-order valence-electron chi connectivity index (χ2n) is 11.3. The summed E-state index contributed by atoms with van der Waals surface area (Å²) in [5, 5.41) is 0. The lowest BCUT2D eigenvalue weighted by molar-refractivity contribution is -0.187. The van der Waals surface area contributed by atoms with E-state index in [-0.39, 0.29) is 46.6 Å². The fraction of sp³-hybridized carbons (Fsp3) is 0.808. The van der Waals surface area contributed by atoms with E-state index in [0.717, 1.165) is 31.3 Å². The molecule has 3 aliphatic carbocycles. The Hall–Kier alpha value is -1.69. The molecule has 0 heterocycles. The zero-order chi connectivity index (χ0) is 23.8. The summed E-state index contributed by atoms with van der Waals surface area (Å²) in [6, 6.07) is 0. The molecule has 3 aliphatic rings. The van der Waals surface area contributed by atoms with Crippen LogP contribution in [-0.2, 0) is 23.9 Å². The summed E-state index contributed by atoms with van der Waals surface area (Å²) in [4.78, 5) is 39.4. The van der Waals surface area contributed by atoms with Crippen LogP contribution in [0.15, 0.2) is 11.6 Å². The van der Waals surface area contributed by atoms with Crippen LogP contribution in [0, 0.1) is 34.5 Å². The van der Waals surface area contributed by atoms with Gasteiger partial charge in [0.15, 0.2) is 0 Å². The van der Waals surface area contributed by atoms with E-state index in [1.807, 2.05) is 19.0 Å². The molecule has 6 heteroatoms. The molecule has 0 aliphatic heterocycles. The van der Waals surface area contributed by atoms with Crippen LogP contribution in [0.5, 0.6) is 0 Å². The number of carbonyl (C=O) groups is 3. The maximum absolute atomic E-state index is 13.5. The van der Waals surface area contributed by atoms with Gasteiger partial charge in [-0.3, -0.25) is 9.59 Å². The molecule has 0 amide bonds. The lowest BCUT2D eigenvalue weighted by Gasteiger charge is -2.62. The molecular formula is C26H41NO5. The van der Waals surface area contributed by atoms with Crippen molar-refractivity contribution in [3.8, 4) is 0 Å². The first kappa shape index (κ1) is 24.9. The van der Waals surface area contributed by atoms with Crippen LogP contribution in [0.2, 0.25) is 0 Å². The predicted octanol–water partition coefficient (Wildman–Crippen LogP) is 4.03. The number of hydrogen-bond donors (Lipinski definition) is 0. The van der Waals surface area contributed by atoms with Gasteiger partial charge >= 0.3 is 11.9 Å². The number of rotatable bonds is 5. The van der Waals surface area contributed by atoms with Gasteiger partial charge < -0.3 is 14.4 Å². The molecule has 0 saturated heterocycles. The molecule has 180 valence electrons. The Bertz CT molecular complexity index is 785. The van der Waals surface area contributed by atoms with E-state index in [0.29, 0.717) is 31.3 Å². The SMILES string of the molecule is CC(=O)OC1CCC2(C)C3CC/C(=C\C(=O)OCCN(C)C)C(C)C3C(=O)CC2C1(C)C. The number of fused-ring (bicyclic) bond motifs is 3. The Morgan fingerprint density at radius 2 is 1.88 bits per heavy atom. The third-order valence-corrected chi connectivity index (χ3v) is 8.79. The van der Waals surface area contributed by atoms with Gasteiger partial charge in [-0.2, -0.15) is 0 Å². The van der Waals surface area contributed by atoms with Crippen molar-refractivity contribution in [3.63, 3.8) is 0 Å². The summed E-state index contributed by atoms with van der Waals surface area (Å²) in [6.07, 6.45) is 5.56. The topological polar surface area (TPSA) is 72.9 Å². The van der Waals surface area contributed by atoms with E-state index in [1.165, 1.54) is 6.92 Å². The van der Waals surface area contributed by atoms with Crippen LogP contribution in [0.1, 0.15) is 66.7 Å². The molecule has 0 radical (unpaired) electrons. The number of nitrogens with zero attached hydrogens (tertiary/aromatic N) is 1. The summed E-state index contributed by atoms with van der Waals surface area (Å²) >= 11 is 0. The highest BCUT2D eigenvalue weighted by Gasteiger charge is 2.62. The Balaban J connectivity index is 1.78. The minimum absolute atomic E-state index is 0.0325. The van der Waals surface area contributed by atoms with Crippen LogP contribution in [0.3, 0.4) is 0 Å². The van der Waals surface area contributed by atoms with Crippen molar-refractivity contribution in [2.75, 3.05) is 27.2 Å². The van der Waals surface area contributed by atoms with E-state index < -0.39 is 0 Å². The lowest BCUT2D eigenvalue weighted by Crippen LogP contribution is -2.60. The monoisotopic (exact) mass is 447 g/mol. The van der Waals surface area contributed by atoms with Gasteiger partial charge in [-0.15, -0.1) is 0 Å². The standard InChI is InChI=1S/C26H41NO5/c1-16-18(14-23(30)31-13-12-27(6)7)8-9-19-24(16)20(29)15-21-25(3,4)22(32-17(2)28)10-11-26(19,21)5/h14,16,19,21-22,24H,8-13,15H2,1-7H3/b18-14+. The largest absolute Gasteiger partial charge is 0.462 e. The molecule has 3 saturated carbocycles. The molecule has 0 aromatic heterocycles. The number of ether oxygens (including phenoxy) is 2. The van der Waals surface area contributed by atoms with Crippen LogP contribution in [0.4, 0.5) is 0 Å². The molecule has 32 heavy (non-hydrogen) atoms.